The lowest BCUT2D eigenvalue weighted by molar-refractivity contribution is 0.417. The van der Waals surface area contributed by atoms with Crippen molar-refractivity contribution >= 4 is 11.6 Å². The van der Waals surface area contributed by atoms with Crippen molar-refractivity contribution in [1.29, 1.82) is 0 Å². The Morgan fingerprint density at radius 1 is 0.700 bits per heavy atom. The normalized spacial score (nSPS) is 13.5. The molecule has 0 aromatic heterocycles. The molecule has 0 spiro atoms. The van der Waals surface area contributed by atoms with E-state index in [2.05, 4.69) is 32.9 Å². The van der Waals surface area contributed by atoms with Crippen LogP contribution < -0.4 is 5.73 Å². The van der Waals surface area contributed by atoms with E-state index in [0.717, 1.165) is 17.9 Å². The molecule has 1 aromatic carbocycles. The molecule has 2 heteroatoms. The Labute approximate surface area is 193 Å². The Morgan fingerprint density at radius 3 is 1.70 bits per heavy atom. The molecule has 1 atom stereocenters. The van der Waals surface area contributed by atoms with E-state index in [1.165, 1.54) is 114 Å². The van der Waals surface area contributed by atoms with E-state index in [1.807, 2.05) is 6.07 Å². The van der Waals surface area contributed by atoms with Crippen LogP contribution in [0.4, 0.5) is 0 Å². The highest BCUT2D eigenvalue weighted by Gasteiger charge is 2.23. The smallest absolute Gasteiger partial charge is 0.0408 e. The molecule has 174 valence electrons. The largest absolute Gasteiger partial charge is 0.322 e. The van der Waals surface area contributed by atoms with Crippen molar-refractivity contribution in [2.45, 2.75) is 142 Å². The first-order valence-electron chi connectivity index (χ1n) is 13.1. The van der Waals surface area contributed by atoms with Gasteiger partial charge in [-0.25, -0.2) is 0 Å². The summed E-state index contributed by atoms with van der Waals surface area (Å²) in [6.07, 6.45) is 23.8. The maximum absolute atomic E-state index is 6.82. The van der Waals surface area contributed by atoms with Crippen LogP contribution in [0.5, 0.6) is 0 Å². The summed E-state index contributed by atoms with van der Waals surface area (Å²) in [7, 11) is 0. The van der Waals surface area contributed by atoms with Crippen LogP contribution in [0.15, 0.2) is 18.2 Å². The van der Waals surface area contributed by atoms with Gasteiger partial charge in [0.25, 0.3) is 0 Å². The number of nitrogens with two attached hydrogens (primary N) is 1. The molecule has 1 aromatic rings. The monoisotopic (exact) mass is 435 g/mol. The van der Waals surface area contributed by atoms with Gasteiger partial charge in [-0.2, -0.15) is 0 Å². The topological polar surface area (TPSA) is 26.0 Å². The molecule has 1 nitrogen and oxygen atoms in total. The summed E-state index contributed by atoms with van der Waals surface area (Å²) in [5.41, 5.74) is 9.27. The molecule has 0 bridgehead atoms. The third kappa shape index (κ3) is 12.4. The van der Waals surface area contributed by atoms with Gasteiger partial charge in [-0.15, -0.1) is 0 Å². The lowest BCUT2D eigenvalue weighted by Crippen LogP contribution is -2.34. The van der Waals surface area contributed by atoms with E-state index in [-0.39, 0.29) is 5.54 Å². The van der Waals surface area contributed by atoms with E-state index in [4.69, 9.17) is 17.3 Å². The first-order chi connectivity index (χ1) is 14.5. The van der Waals surface area contributed by atoms with Gasteiger partial charge in [-0.05, 0) is 49.4 Å². The van der Waals surface area contributed by atoms with Crippen molar-refractivity contribution < 1.29 is 0 Å². The number of halogens is 1. The Hall–Kier alpha value is -0.530. The van der Waals surface area contributed by atoms with Crippen LogP contribution in [-0.4, -0.2) is 0 Å². The second-order valence-electron chi connectivity index (χ2n) is 9.67. The van der Waals surface area contributed by atoms with Crippen molar-refractivity contribution in [3.63, 3.8) is 0 Å². The maximum atomic E-state index is 6.82. The molecule has 0 radical (unpaired) electrons. The van der Waals surface area contributed by atoms with Gasteiger partial charge < -0.3 is 5.73 Å². The zero-order chi connectivity index (χ0) is 22.1. The molecule has 0 amide bonds. The van der Waals surface area contributed by atoms with Crippen LogP contribution in [0.25, 0.3) is 0 Å². The molecule has 0 fully saturated rings. The van der Waals surface area contributed by atoms with Crippen LogP contribution in [0.2, 0.25) is 5.02 Å². The van der Waals surface area contributed by atoms with Crippen molar-refractivity contribution in [3.8, 4) is 0 Å². The maximum Gasteiger partial charge on any atom is 0.0408 e. The Morgan fingerprint density at radius 2 is 1.17 bits per heavy atom. The standard InChI is InChI=1S/C28H50ClN/c1-4-6-8-10-12-14-16-18-20-25-24-26(29)21-22-27(25)28(3,30)23-19-17-15-13-11-9-7-5-2/h21-22,24H,4-20,23,30H2,1-3H3. The van der Waals surface area contributed by atoms with E-state index in [9.17, 15) is 0 Å². The fraction of sp³-hybridized carbons (Fsp3) is 0.786. The minimum absolute atomic E-state index is 0.248. The van der Waals surface area contributed by atoms with Crippen LogP contribution in [0.1, 0.15) is 141 Å². The van der Waals surface area contributed by atoms with Crippen LogP contribution in [-0.2, 0) is 12.0 Å². The second-order valence-corrected chi connectivity index (χ2v) is 10.1. The summed E-state index contributed by atoms with van der Waals surface area (Å²) in [6.45, 7) is 6.78. The molecule has 2 N–H and O–H groups in total. The average Bonchev–Trinajstić information content (AvgIpc) is 2.72. The number of hydrogen-bond acceptors (Lipinski definition) is 1. The minimum atomic E-state index is -0.248. The number of benzene rings is 1. The van der Waals surface area contributed by atoms with Gasteiger partial charge in [0, 0.05) is 10.6 Å². The SMILES string of the molecule is CCCCCCCCCCc1cc(Cl)ccc1C(C)(N)CCCCCCCCCC. The van der Waals surface area contributed by atoms with E-state index in [0.29, 0.717) is 0 Å². The van der Waals surface area contributed by atoms with Gasteiger partial charge in [0.15, 0.2) is 0 Å². The molecule has 0 aliphatic carbocycles. The molecule has 1 unspecified atom stereocenters. The molecule has 0 saturated carbocycles. The number of rotatable bonds is 19. The highest BCUT2D eigenvalue weighted by Crippen LogP contribution is 2.30. The number of aryl methyl sites for hydroxylation is 1. The summed E-state index contributed by atoms with van der Waals surface area (Å²) >= 11 is 6.33. The zero-order valence-electron chi connectivity index (χ0n) is 20.4. The van der Waals surface area contributed by atoms with Gasteiger partial charge in [0.2, 0.25) is 0 Å². The summed E-state index contributed by atoms with van der Waals surface area (Å²) in [5.74, 6) is 0. The van der Waals surface area contributed by atoms with E-state index < -0.39 is 0 Å². The van der Waals surface area contributed by atoms with Crippen molar-refractivity contribution in [2.24, 2.45) is 5.73 Å². The minimum Gasteiger partial charge on any atom is -0.322 e. The summed E-state index contributed by atoms with van der Waals surface area (Å²) in [4.78, 5) is 0. The fourth-order valence-corrected chi connectivity index (χ4v) is 4.73. The highest BCUT2D eigenvalue weighted by atomic mass is 35.5. The van der Waals surface area contributed by atoms with Crippen molar-refractivity contribution in [2.75, 3.05) is 0 Å². The lowest BCUT2D eigenvalue weighted by atomic mass is 9.83. The Kier molecular flexibility index (Phi) is 15.7. The fourth-order valence-electron chi connectivity index (χ4n) is 4.54. The predicted molar refractivity (Wildman–Crippen MR) is 137 cm³/mol. The summed E-state index contributed by atoms with van der Waals surface area (Å²) in [5, 5.41) is 0.844. The Balaban J connectivity index is 2.39. The summed E-state index contributed by atoms with van der Waals surface area (Å²) in [6, 6.07) is 6.37. The molecule has 0 saturated heterocycles. The van der Waals surface area contributed by atoms with Gasteiger partial charge >= 0.3 is 0 Å². The molecule has 0 aliphatic rings. The van der Waals surface area contributed by atoms with Crippen LogP contribution in [0, 0.1) is 0 Å². The predicted octanol–water partition coefficient (Wildman–Crippen LogP) is 9.73. The molecule has 0 heterocycles. The molecular weight excluding hydrogens is 386 g/mol. The van der Waals surface area contributed by atoms with Gasteiger partial charge in [-0.1, -0.05) is 128 Å². The average molecular weight is 436 g/mol. The van der Waals surface area contributed by atoms with Crippen LogP contribution in [0.3, 0.4) is 0 Å². The van der Waals surface area contributed by atoms with Crippen molar-refractivity contribution in [3.05, 3.63) is 34.3 Å². The van der Waals surface area contributed by atoms with Gasteiger partial charge in [0.05, 0.1) is 0 Å². The number of hydrogen-bond donors (Lipinski definition) is 1. The molecule has 0 aliphatic heterocycles. The van der Waals surface area contributed by atoms with Gasteiger partial charge in [-0.3, -0.25) is 0 Å². The Bertz CT molecular complexity index is 537. The third-order valence-electron chi connectivity index (χ3n) is 6.53. The lowest BCUT2D eigenvalue weighted by Gasteiger charge is -2.28. The van der Waals surface area contributed by atoms with E-state index >= 15 is 0 Å². The first-order valence-corrected chi connectivity index (χ1v) is 13.5. The summed E-state index contributed by atoms with van der Waals surface area (Å²) < 4.78 is 0. The molecular formula is C28H50ClN. The van der Waals surface area contributed by atoms with Gasteiger partial charge in [0.1, 0.15) is 0 Å². The first kappa shape index (κ1) is 27.5. The number of unbranched alkanes of at least 4 members (excludes halogenated alkanes) is 14. The van der Waals surface area contributed by atoms with Crippen LogP contribution >= 0.6 is 11.6 Å². The third-order valence-corrected chi connectivity index (χ3v) is 6.77. The van der Waals surface area contributed by atoms with E-state index in [1.54, 1.807) is 0 Å². The van der Waals surface area contributed by atoms with Crippen molar-refractivity contribution in [1.82, 2.24) is 0 Å². The second kappa shape index (κ2) is 17.1. The molecule has 30 heavy (non-hydrogen) atoms. The highest BCUT2D eigenvalue weighted by molar-refractivity contribution is 6.30. The molecule has 1 rings (SSSR count). The zero-order valence-corrected chi connectivity index (χ0v) is 21.2. The quantitative estimate of drug-likeness (QED) is 0.215.